The highest BCUT2D eigenvalue weighted by Gasteiger charge is 2.21. The summed E-state index contributed by atoms with van der Waals surface area (Å²) in [5, 5.41) is 21.3. The lowest BCUT2D eigenvalue weighted by molar-refractivity contribution is 0.0541. The smallest absolute Gasteiger partial charge is 0.338 e. The SMILES string of the molecule is Cc1nn(C(F)F)c(C)c1-c1cnn2ccc(-n3cc(C(=O)O)cn3)cc12. The molecule has 4 rings (SSSR count). The standard InChI is InChI=1S/C17H14F2N6O2/c1-9-15(10(2)25(22-9)17(18)19)13-7-21-23-4-3-12(5-14(13)23)24-8-11(6-20-24)16(26)27/h3-8,17H,1-2H3,(H,26,27). The Bertz CT molecular complexity index is 1170. The van der Waals surface area contributed by atoms with E-state index in [2.05, 4.69) is 15.3 Å². The minimum atomic E-state index is -2.73. The van der Waals surface area contributed by atoms with E-state index in [4.69, 9.17) is 5.11 Å². The van der Waals surface area contributed by atoms with E-state index in [0.29, 0.717) is 38.4 Å². The number of hydrogen-bond donors (Lipinski definition) is 1. The van der Waals surface area contributed by atoms with Gasteiger partial charge in [-0.05, 0) is 26.0 Å². The number of aromatic carboxylic acids is 1. The molecule has 0 bridgehead atoms. The highest BCUT2D eigenvalue weighted by Crippen LogP contribution is 2.32. The molecule has 1 N–H and O–H groups in total. The van der Waals surface area contributed by atoms with E-state index in [1.165, 1.54) is 17.1 Å². The van der Waals surface area contributed by atoms with Gasteiger partial charge in [-0.2, -0.15) is 24.1 Å². The van der Waals surface area contributed by atoms with Crippen LogP contribution in [0.25, 0.3) is 22.3 Å². The number of hydrogen-bond acceptors (Lipinski definition) is 4. The summed E-state index contributed by atoms with van der Waals surface area (Å²) < 4.78 is 30.0. The van der Waals surface area contributed by atoms with Crippen molar-refractivity contribution in [1.29, 1.82) is 0 Å². The van der Waals surface area contributed by atoms with Crippen molar-refractivity contribution in [3.8, 4) is 16.8 Å². The lowest BCUT2D eigenvalue weighted by atomic mass is 10.1. The molecule has 0 saturated heterocycles. The van der Waals surface area contributed by atoms with Gasteiger partial charge in [0.2, 0.25) is 0 Å². The van der Waals surface area contributed by atoms with Gasteiger partial charge in [0.25, 0.3) is 0 Å². The Kier molecular flexibility index (Phi) is 3.76. The maximum Gasteiger partial charge on any atom is 0.338 e. The number of aromatic nitrogens is 6. The number of carbonyl (C=O) groups is 1. The number of halogens is 2. The van der Waals surface area contributed by atoms with Gasteiger partial charge in [0.15, 0.2) is 0 Å². The summed E-state index contributed by atoms with van der Waals surface area (Å²) in [6, 6.07) is 3.49. The lowest BCUT2D eigenvalue weighted by Crippen LogP contribution is -2.02. The molecule has 0 radical (unpaired) electrons. The number of nitrogens with zero attached hydrogens (tertiary/aromatic N) is 6. The maximum absolute atomic E-state index is 13.1. The number of fused-ring (bicyclic) bond motifs is 1. The van der Waals surface area contributed by atoms with Crippen LogP contribution in [-0.4, -0.2) is 40.3 Å². The zero-order valence-electron chi connectivity index (χ0n) is 14.3. The first kappa shape index (κ1) is 16.9. The van der Waals surface area contributed by atoms with Gasteiger partial charge in [0, 0.05) is 29.2 Å². The number of pyridine rings is 1. The molecule has 0 fully saturated rings. The molecule has 0 atom stereocenters. The highest BCUT2D eigenvalue weighted by molar-refractivity contribution is 5.87. The van der Waals surface area contributed by atoms with Crippen LogP contribution in [0.15, 0.2) is 36.9 Å². The third-order valence-electron chi connectivity index (χ3n) is 4.38. The Morgan fingerprint density at radius 3 is 2.63 bits per heavy atom. The van der Waals surface area contributed by atoms with Gasteiger partial charge in [-0.15, -0.1) is 0 Å². The molecule has 4 aromatic rings. The monoisotopic (exact) mass is 372 g/mol. The summed E-state index contributed by atoms with van der Waals surface area (Å²) in [7, 11) is 0. The van der Waals surface area contributed by atoms with Crippen LogP contribution < -0.4 is 0 Å². The van der Waals surface area contributed by atoms with Crippen LogP contribution >= 0.6 is 0 Å². The van der Waals surface area contributed by atoms with E-state index in [1.807, 2.05) is 0 Å². The molecule has 138 valence electrons. The third-order valence-corrected chi connectivity index (χ3v) is 4.38. The van der Waals surface area contributed by atoms with Gasteiger partial charge in [0.1, 0.15) is 0 Å². The lowest BCUT2D eigenvalue weighted by Gasteiger charge is -2.05. The van der Waals surface area contributed by atoms with E-state index in [9.17, 15) is 13.6 Å². The van der Waals surface area contributed by atoms with Crippen LogP contribution in [-0.2, 0) is 0 Å². The van der Waals surface area contributed by atoms with E-state index < -0.39 is 12.5 Å². The van der Waals surface area contributed by atoms with Crippen LogP contribution in [0.3, 0.4) is 0 Å². The summed E-state index contributed by atoms with van der Waals surface area (Å²) in [5.41, 5.74) is 3.41. The number of aryl methyl sites for hydroxylation is 1. The molecule has 0 unspecified atom stereocenters. The number of alkyl halides is 2. The molecule has 8 nitrogen and oxygen atoms in total. The Hall–Kier alpha value is -3.56. The molecular formula is C17H14F2N6O2. The molecular weight excluding hydrogens is 358 g/mol. The Labute approximate surface area is 151 Å². The van der Waals surface area contributed by atoms with Crippen LogP contribution in [0.4, 0.5) is 8.78 Å². The number of carboxylic acid groups (broad SMARTS) is 1. The van der Waals surface area contributed by atoms with Crippen molar-refractivity contribution in [3.63, 3.8) is 0 Å². The quantitative estimate of drug-likeness (QED) is 0.594. The molecule has 0 saturated carbocycles. The van der Waals surface area contributed by atoms with Gasteiger partial charge in [-0.1, -0.05) is 0 Å². The van der Waals surface area contributed by atoms with Crippen molar-refractivity contribution >= 4 is 11.5 Å². The van der Waals surface area contributed by atoms with E-state index >= 15 is 0 Å². The fourth-order valence-corrected chi connectivity index (χ4v) is 3.12. The normalized spacial score (nSPS) is 11.6. The Balaban J connectivity index is 1.87. The topological polar surface area (TPSA) is 90.2 Å². The van der Waals surface area contributed by atoms with E-state index in [0.717, 1.165) is 0 Å². The number of rotatable bonds is 4. The van der Waals surface area contributed by atoms with Crippen LogP contribution in [0.2, 0.25) is 0 Å². The minimum absolute atomic E-state index is 0.0634. The van der Waals surface area contributed by atoms with Crippen molar-refractivity contribution in [2.45, 2.75) is 20.4 Å². The van der Waals surface area contributed by atoms with Crippen molar-refractivity contribution in [1.82, 2.24) is 29.2 Å². The molecule has 10 heteroatoms. The summed E-state index contributed by atoms with van der Waals surface area (Å²) in [4.78, 5) is 11.1. The minimum Gasteiger partial charge on any atom is -0.478 e. The zero-order chi connectivity index (χ0) is 19.3. The van der Waals surface area contributed by atoms with E-state index in [1.54, 1.807) is 42.9 Å². The second-order valence-corrected chi connectivity index (χ2v) is 6.02. The zero-order valence-corrected chi connectivity index (χ0v) is 14.3. The van der Waals surface area contributed by atoms with Crippen molar-refractivity contribution in [2.24, 2.45) is 0 Å². The summed E-state index contributed by atoms with van der Waals surface area (Å²) in [5.74, 6) is -1.07. The highest BCUT2D eigenvalue weighted by atomic mass is 19.3. The molecule has 4 heterocycles. The first-order chi connectivity index (χ1) is 12.9. The molecule has 0 aliphatic heterocycles. The molecule has 0 aromatic carbocycles. The third kappa shape index (κ3) is 2.65. The molecule has 27 heavy (non-hydrogen) atoms. The summed E-state index contributed by atoms with van der Waals surface area (Å²) in [6.45, 7) is 0.524. The molecule has 0 aliphatic carbocycles. The predicted octanol–water partition coefficient (Wildman–Crippen LogP) is 3.09. The number of carboxylic acids is 1. The fraction of sp³-hybridized carbons (Fsp3) is 0.176. The molecule has 0 spiro atoms. The van der Waals surface area contributed by atoms with Gasteiger partial charge in [-0.3, -0.25) is 0 Å². The van der Waals surface area contributed by atoms with Gasteiger partial charge < -0.3 is 5.11 Å². The fourth-order valence-electron chi connectivity index (χ4n) is 3.12. The Morgan fingerprint density at radius 2 is 2.00 bits per heavy atom. The van der Waals surface area contributed by atoms with E-state index in [-0.39, 0.29) is 5.56 Å². The Morgan fingerprint density at radius 1 is 1.22 bits per heavy atom. The summed E-state index contributed by atoms with van der Waals surface area (Å²) in [6.07, 6.45) is 5.94. The van der Waals surface area contributed by atoms with Crippen molar-refractivity contribution in [2.75, 3.05) is 0 Å². The van der Waals surface area contributed by atoms with Crippen LogP contribution in [0, 0.1) is 13.8 Å². The van der Waals surface area contributed by atoms with Crippen molar-refractivity contribution in [3.05, 3.63) is 53.9 Å². The first-order valence-electron chi connectivity index (χ1n) is 7.96. The average Bonchev–Trinajstić information content (AvgIpc) is 3.32. The largest absolute Gasteiger partial charge is 0.478 e. The van der Waals surface area contributed by atoms with Gasteiger partial charge in [0.05, 0.1) is 34.9 Å². The molecule has 4 aromatic heterocycles. The van der Waals surface area contributed by atoms with Crippen molar-refractivity contribution < 1.29 is 18.7 Å². The maximum atomic E-state index is 13.1. The predicted molar refractivity (Wildman–Crippen MR) is 91.2 cm³/mol. The van der Waals surface area contributed by atoms with Gasteiger partial charge >= 0.3 is 12.5 Å². The first-order valence-corrected chi connectivity index (χ1v) is 7.96. The average molecular weight is 372 g/mol. The van der Waals surface area contributed by atoms with Crippen LogP contribution in [0.1, 0.15) is 28.3 Å². The molecule has 0 amide bonds. The van der Waals surface area contributed by atoms with Gasteiger partial charge in [-0.25, -0.2) is 18.7 Å². The van der Waals surface area contributed by atoms with Crippen LogP contribution in [0.5, 0.6) is 0 Å². The second kappa shape index (κ2) is 6.01. The molecule has 0 aliphatic rings. The summed E-state index contributed by atoms with van der Waals surface area (Å²) >= 11 is 0. The second-order valence-electron chi connectivity index (χ2n) is 6.02.